The van der Waals surface area contributed by atoms with Gasteiger partial charge in [0.2, 0.25) is 0 Å². The molecule has 0 fully saturated rings. The average Bonchev–Trinajstić information content (AvgIpc) is 2.63. The molecule has 2 heterocycles. The second-order valence-corrected chi connectivity index (χ2v) is 5.12. The second-order valence-electron chi connectivity index (χ2n) is 3.47. The highest BCUT2D eigenvalue weighted by Gasteiger charge is 2.20. The van der Waals surface area contributed by atoms with Gasteiger partial charge in [-0.15, -0.1) is 0 Å². The van der Waals surface area contributed by atoms with E-state index in [9.17, 15) is 18.0 Å². The molecule has 0 bridgehead atoms. The number of aromatic nitrogens is 4. The minimum atomic E-state index is -4.09. The molecular formula is C8H9N5O4S. The van der Waals surface area contributed by atoms with Gasteiger partial charge in [0, 0.05) is 11.8 Å². The number of aromatic amines is 3. The van der Waals surface area contributed by atoms with E-state index in [1.165, 1.54) is 6.20 Å². The lowest BCUT2D eigenvalue weighted by molar-refractivity contribution is 0.598. The first kappa shape index (κ1) is 12.1. The second kappa shape index (κ2) is 4.14. The monoisotopic (exact) mass is 271 g/mol. The van der Waals surface area contributed by atoms with Crippen LogP contribution in [0.1, 0.15) is 5.56 Å². The third-order valence-corrected chi connectivity index (χ3v) is 3.50. The van der Waals surface area contributed by atoms with Crippen LogP contribution in [-0.4, -0.2) is 28.6 Å². The van der Waals surface area contributed by atoms with E-state index in [1.807, 2.05) is 4.98 Å². The maximum atomic E-state index is 11.9. The molecule has 0 aliphatic carbocycles. The van der Waals surface area contributed by atoms with Gasteiger partial charge in [0.05, 0.1) is 6.20 Å². The summed E-state index contributed by atoms with van der Waals surface area (Å²) in [6.45, 7) is 1.64. The third-order valence-electron chi connectivity index (χ3n) is 2.14. The molecule has 0 atom stereocenters. The Balaban J connectivity index is 2.46. The summed E-state index contributed by atoms with van der Waals surface area (Å²) in [6.07, 6.45) is 2.25. The van der Waals surface area contributed by atoms with Gasteiger partial charge in [0.25, 0.3) is 15.6 Å². The summed E-state index contributed by atoms with van der Waals surface area (Å²) in [4.78, 5) is 25.5. The van der Waals surface area contributed by atoms with Gasteiger partial charge in [-0.25, -0.2) is 13.2 Å². The largest absolute Gasteiger partial charge is 0.325 e. The molecule has 0 saturated heterocycles. The molecule has 0 spiro atoms. The predicted octanol–water partition coefficient (Wildman–Crippen LogP) is -1.10. The molecule has 96 valence electrons. The van der Waals surface area contributed by atoms with E-state index < -0.39 is 26.2 Å². The van der Waals surface area contributed by atoms with Gasteiger partial charge >= 0.3 is 5.69 Å². The molecule has 18 heavy (non-hydrogen) atoms. The van der Waals surface area contributed by atoms with Gasteiger partial charge in [0.1, 0.15) is 5.82 Å². The fourth-order valence-corrected chi connectivity index (χ4v) is 2.33. The molecule has 0 saturated carbocycles. The van der Waals surface area contributed by atoms with Crippen molar-refractivity contribution in [2.75, 3.05) is 4.72 Å². The summed E-state index contributed by atoms with van der Waals surface area (Å²) >= 11 is 0. The number of H-pyrrole nitrogens is 3. The van der Waals surface area contributed by atoms with Crippen molar-refractivity contribution in [3.63, 3.8) is 0 Å². The number of rotatable bonds is 3. The summed E-state index contributed by atoms with van der Waals surface area (Å²) in [5, 5.41) is 6.08. The Kier molecular flexibility index (Phi) is 2.79. The van der Waals surface area contributed by atoms with Gasteiger partial charge in [0.15, 0.2) is 4.90 Å². The first-order valence-corrected chi connectivity index (χ1v) is 6.23. The number of anilines is 1. The SMILES string of the molecule is Cc1cn[nH]c1NS(=O)(=O)c1c[nH]c(=O)[nH]c1=O. The molecule has 0 amide bonds. The summed E-state index contributed by atoms with van der Waals surface area (Å²) < 4.78 is 25.9. The number of hydrogen-bond acceptors (Lipinski definition) is 5. The van der Waals surface area contributed by atoms with Crippen molar-refractivity contribution >= 4 is 15.8 Å². The van der Waals surface area contributed by atoms with E-state index >= 15 is 0 Å². The van der Waals surface area contributed by atoms with Gasteiger partial charge < -0.3 is 4.98 Å². The molecular weight excluding hydrogens is 262 g/mol. The fraction of sp³-hybridized carbons (Fsp3) is 0.125. The van der Waals surface area contributed by atoms with Crippen LogP contribution in [0.15, 0.2) is 26.9 Å². The van der Waals surface area contributed by atoms with Gasteiger partial charge in [-0.2, -0.15) is 5.10 Å². The summed E-state index contributed by atoms with van der Waals surface area (Å²) in [5.41, 5.74) is -1.21. The van der Waals surface area contributed by atoms with E-state index in [0.29, 0.717) is 5.56 Å². The standard InChI is InChI=1S/C8H9N5O4S/c1-4-2-10-12-6(4)13-18(16,17)5-3-9-8(15)11-7(5)14/h2-3H,1H3,(H2,10,12,13)(H2,9,11,14,15). The van der Waals surface area contributed by atoms with Crippen LogP contribution in [0.3, 0.4) is 0 Å². The Morgan fingerprint density at radius 3 is 2.61 bits per heavy atom. The normalized spacial score (nSPS) is 11.4. The minimum Gasteiger partial charge on any atom is -0.313 e. The van der Waals surface area contributed by atoms with Crippen molar-refractivity contribution in [3.05, 3.63) is 38.8 Å². The molecule has 10 heteroatoms. The molecule has 0 aliphatic rings. The molecule has 0 unspecified atom stereocenters. The van der Waals surface area contributed by atoms with Crippen LogP contribution >= 0.6 is 0 Å². The Bertz CT molecular complexity index is 784. The van der Waals surface area contributed by atoms with Crippen molar-refractivity contribution in [2.24, 2.45) is 0 Å². The smallest absolute Gasteiger partial charge is 0.313 e. The highest BCUT2D eigenvalue weighted by atomic mass is 32.2. The van der Waals surface area contributed by atoms with Crippen molar-refractivity contribution in [3.8, 4) is 0 Å². The van der Waals surface area contributed by atoms with Crippen molar-refractivity contribution in [1.82, 2.24) is 20.2 Å². The summed E-state index contributed by atoms with van der Waals surface area (Å²) in [6, 6.07) is 0. The van der Waals surface area contributed by atoms with Crippen molar-refractivity contribution in [1.29, 1.82) is 0 Å². The van der Waals surface area contributed by atoms with Crippen LogP contribution in [0.4, 0.5) is 5.82 Å². The maximum Gasteiger partial charge on any atom is 0.325 e. The van der Waals surface area contributed by atoms with Crippen LogP contribution in [0.2, 0.25) is 0 Å². The first-order chi connectivity index (χ1) is 8.40. The molecule has 2 aromatic heterocycles. The zero-order valence-electron chi connectivity index (χ0n) is 9.14. The molecule has 9 nitrogen and oxygen atoms in total. The molecule has 0 aromatic carbocycles. The lowest BCUT2D eigenvalue weighted by atomic mass is 10.4. The lowest BCUT2D eigenvalue weighted by Gasteiger charge is -2.05. The van der Waals surface area contributed by atoms with E-state index in [0.717, 1.165) is 6.20 Å². The summed E-state index contributed by atoms with van der Waals surface area (Å²) in [5.74, 6) is 0.153. The topological polar surface area (TPSA) is 141 Å². The molecule has 0 aliphatic heterocycles. The maximum absolute atomic E-state index is 11.9. The van der Waals surface area contributed by atoms with Gasteiger partial charge in [-0.1, -0.05) is 0 Å². The van der Waals surface area contributed by atoms with E-state index in [-0.39, 0.29) is 5.82 Å². The van der Waals surface area contributed by atoms with Gasteiger partial charge in [-0.3, -0.25) is 19.6 Å². The Hall–Kier alpha value is -2.36. The molecule has 2 aromatic rings. The van der Waals surface area contributed by atoms with Crippen LogP contribution in [-0.2, 0) is 10.0 Å². The Morgan fingerprint density at radius 2 is 2.06 bits per heavy atom. The van der Waals surface area contributed by atoms with E-state index in [4.69, 9.17) is 0 Å². The predicted molar refractivity (Wildman–Crippen MR) is 61.8 cm³/mol. The number of hydrogen-bond donors (Lipinski definition) is 4. The summed E-state index contributed by atoms with van der Waals surface area (Å²) in [7, 11) is -4.09. The molecule has 2 rings (SSSR count). The molecule has 4 N–H and O–H groups in total. The third kappa shape index (κ3) is 2.18. The van der Waals surface area contributed by atoms with Crippen LogP contribution in [0, 0.1) is 6.92 Å². The number of aryl methyl sites for hydroxylation is 1. The van der Waals surface area contributed by atoms with Crippen LogP contribution in [0.5, 0.6) is 0 Å². The minimum absolute atomic E-state index is 0.153. The van der Waals surface area contributed by atoms with Gasteiger partial charge in [-0.05, 0) is 6.92 Å². The van der Waals surface area contributed by atoms with Crippen molar-refractivity contribution < 1.29 is 8.42 Å². The average molecular weight is 271 g/mol. The molecule has 0 radical (unpaired) electrons. The number of nitrogens with one attached hydrogen (secondary N) is 4. The van der Waals surface area contributed by atoms with E-state index in [2.05, 4.69) is 19.9 Å². The highest BCUT2D eigenvalue weighted by molar-refractivity contribution is 7.92. The Labute approximate surface area is 100 Å². The Morgan fingerprint density at radius 1 is 1.33 bits per heavy atom. The van der Waals surface area contributed by atoms with Crippen LogP contribution in [0.25, 0.3) is 0 Å². The zero-order chi connectivity index (χ0) is 13.3. The first-order valence-electron chi connectivity index (χ1n) is 4.75. The highest BCUT2D eigenvalue weighted by Crippen LogP contribution is 2.13. The zero-order valence-corrected chi connectivity index (χ0v) is 9.96. The lowest BCUT2D eigenvalue weighted by Crippen LogP contribution is -2.29. The number of sulfonamides is 1. The quantitative estimate of drug-likeness (QED) is 0.560. The van der Waals surface area contributed by atoms with Crippen LogP contribution < -0.4 is 16.0 Å². The van der Waals surface area contributed by atoms with E-state index in [1.54, 1.807) is 6.92 Å². The van der Waals surface area contributed by atoms with Crippen molar-refractivity contribution in [2.45, 2.75) is 11.8 Å². The fourth-order valence-electron chi connectivity index (χ4n) is 1.24. The number of nitrogens with zero attached hydrogens (tertiary/aromatic N) is 1.